The standard InChI is InChI=1S/C13H24N2O3/c1-4-5-6-11(13(17)18-3)15(2)9-12(16)14-10-7-8-10/h10-11H,4-9H2,1-3H3,(H,14,16). The van der Waals surface area contributed by atoms with Crippen LogP contribution in [0, 0.1) is 0 Å². The molecule has 1 aliphatic rings. The fourth-order valence-electron chi connectivity index (χ4n) is 1.89. The molecule has 1 aliphatic carbocycles. The van der Waals surface area contributed by atoms with E-state index < -0.39 is 0 Å². The lowest BCUT2D eigenvalue weighted by molar-refractivity contribution is -0.147. The number of ether oxygens (including phenoxy) is 1. The predicted octanol–water partition coefficient (Wildman–Crippen LogP) is 0.929. The summed E-state index contributed by atoms with van der Waals surface area (Å²) in [5.74, 6) is -0.268. The Kier molecular flexibility index (Phi) is 6.12. The highest BCUT2D eigenvalue weighted by Crippen LogP contribution is 2.18. The van der Waals surface area contributed by atoms with Gasteiger partial charge in [-0.05, 0) is 26.3 Å². The predicted molar refractivity (Wildman–Crippen MR) is 69.1 cm³/mol. The van der Waals surface area contributed by atoms with Crippen molar-refractivity contribution >= 4 is 11.9 Å². The molecule has 0 bridgehead atoms. The first kappa shape index (κ1) is 15.0. The Balaban J connectivity index is 2.42. The summed E-state index contributed by atoms with van der Waals surface area (Å²) in [5, 5.41) is 2.92. The SMILES string of the molecule is CCCCC(C(=O)OC)N(C)CC(=O)NC1CC1. The monoisotopic (exact) mass is 256 g/mol. The Morgan fingerprint density at radius 3 is 2.61 bits per heavy atom. The van der Waals surface area contributed by atoms with E-state index in [-0.39, 0.29) is 24.5 Å². The van der Waals surface area contributed by atoms with Gasteiger partial charge < -0.3 is 10.1 Å². The van der Waals surface area contributed by atoms with Gasteiger partial charge in [0.2, 0.25) is 5.91 Å². The van der Waals surface area contributed by atoms with E-state index in [1.54, 1.807) is 11.9 Å². The molecule has 18 heavy (non-hydrogen) atoms. The maximum absolute atomic E-state index is 11.7. The third-order valence-electron chi connectivity index (χ3n) is 3.17. The Labute approximate surface area is 109 Å². The molecule has 5 heteroatoms. The summed E-state index contributed by atoms with van der Waals surface area (Å²) >= 11 is 0. The fourth-order valence-corrected chi connectivity index (χ4v) is 1.89. The van der Waals surface area contributed by atoms with E-state index in [0.29, 0.717) is 6.04 Å². The Bertz CT molecular complexity index is 290. The van der Waals surface area contributed by atoms with Crippen LogP contribution in [0.3, 0.4) is 0 Å². The third-order valence-corrected chi connectivity index (χ3v) is 3.17. The minimum atomic E-state index is -0.320. The van der Waals surface area contributed by atoms with E-state index in [9.17, 15) is 9.59 Å². The van der Waals surface area contributed by atoms with E-state index in [1.807, 2.05) is 0 Å². The normalized spacial score (nSPS) is 16.4. The minimum Gasteiger partial charge on any atom is -0.468 e. The largest absolute Gasteiger partial charge is 0.468 e. The van der Waals surface area contributed by atoms with Crippen LogP contribution in [0.25, 0.3) is 0 Å². The molecule has 104 valence electrons. The zero-order valence-corrected chi connectivity index (χ0v) is 11.6. The first-order valence-electron chi connectivity index (χ1n) is 6.66. The van der Waals surface area contributed by atoms with Crippen LogP contribution in [0.5, 0.6) is 0 Å². The van der Waals surface area contributed by atoms with E-state index in [4.69, 9.17) is 4.74 Å². The highest BCUT2D eigenvalue weighted by atomic mass is 16.5. The molecule has 0 spiro atoms. The van der Waals surface area contributed by atoms with Crippen LogP contribution in [0.1, 0.15) is 39.0 Å². The van der Waals surface area contributed by atoms with Gasteiger partial charge in [-0.3, -0.25) is 14.5 Å². The van der Waals surface area contributed by atoms with Crippen LogP contribution >= 0.6 is 0 Å². The molecule has 1 unspecified atom stereocenters. The first-order valence-corrected chi connectivity index (χ1v) is 6.66. The number of carbonyl (C=O) groups excluding carboxylic acids is 2. The molecule has 1 atom stereocenters. The summed E-state index contributed by atoms with van der Waals surface area (Å²) in [6.07, 6.45) is 4.86. The maximum Gasteiger partial charge on any atom is 0.323 e. The van der Waals surface area contributed by atoms with Crippen LogP contribution in [-0.2, 0) is 14.3 Å². The molecule has 0 aliphatic heterocycles. The topological polar surface area (TPSA) is 58.6 Å². The molecule has 0 radical (unpaired) electrons. The average molecular weight is 256 g/mol. The molecular formula is C13H24N2O3. The highest BCUT2D eigenvalue weighted by Gasteiger charge is 2.27. The van der Waals surface area contributed by atoms with Crippen molar-refractivity contribution in [1.29, 1.82) is 0 Å². The lowest BCUT2D eigenvalue weighted by atomic mass is 10.1. The second-order valence-electron chi connectivity index (χ2n) is 4.94. The second-order valence-corrected chi connectivity index (χ2v) is 4.94. The molecule has 1 N–H and O–H groups in total. The smallest absolute Gasteiger partial charge is 0.323 e. The zero-order chi connectivity index (χ0) is 13.5. The summed E-state index contributed by atoms with van der Waals surface area (Å²) in [7, 11) is 3.18. The maximum atomic E-state index is 11.7. The van der Waals surface area contributed by atoms with Gasteiger partial charge in [-0.25, -0.2) is 0 Å². The van der Waals surface area contributed by atoms with Gasteiger partial charge in [-0.1, -0.05) is 19.8 Å². The molecule has 0 heterocycles. The molecular weight excluding hydrogens is 232 g/mol. The van der Waals surface area contributed by atoms with Crippen molar-refractivity contribution < 1.29 is 14.3 Å². The lowest BCUT2D eigenvalue weighted by Gasteiger charge is -2.25. The molecule has 0 aromatic rings. The van der Waals surface area contributed by atoms with E-state index in [2.05, 4.69) is 12.2 Å². The van der Waals surface area contributed by atoms with Crippen molar-refractivity contribution in [3.05, 3.63) is 0 Å². The Morgan fingerprint density at radius 1 is 1.44 bits per heavy atom. The molecule has 5 nitrogen and oxygen atoms in total. The van der Waals surface area contributed by atoms with E-state index >= 15 is 0 Å². The Morgan fingerprint density at radius 2 is 2.11 bits per heavy atom. The van der Waals surface area contributed by atoms with Gasteiger partial charge in [-0.15, -0.1) is 0 Å². The zero-order valence-electron chi connectivity index (χ0n) is 11.6. The number of methoxy groups -OCH3 is 1. The van der Waals surface area contributed by atoms with Crippen molar-refractivity contribution in [2.45, 2.75) is 51.1 Å². The number of carbonyl (C=O) groups is 2. The first-order chi connectivity index (χ1) is 8.58. The number of nitrogens with one attached hydrogen (secondary N) is 1. The van der Waals surface area contributed by atoms with Gasteiger partial charge in [0.1, 0.15) is 6.04 Å². The van der Waals surface area contributed by atoms with Crippen molar-refractivity contribution in [2.24, 2.45) is 0 Å². The van der Waals surface area contributed by atoms with Crippen molar-refractivity contribution in [3.8, 4) is 0 Å². The quantitative estimate of drug-likeness (QED) is 0.656. The van der Waals surface area contributed by atoms with Crippen molar-refractivity contribution in [2.75, 3.05) is 20.7 Å². The van der Waals surface area contributed by atoms with Gasteiger partial charge in [0, 0.05) is 6.04 Å². The molecule has 1 saturated carbocycles. The summed E-state index contributed by atoms with van der Waals surface area (Å²) in [5.41, 5.74) is 0. The number of nitrogens with zero attached hydrogens (tertiary/aromatic N) is 1. The number of esters is 1. The van der Waals surface area contributed by atoms with Crippen LogP contribution < -0.4 is 5.32 Å². The van der Waals surface area contributed by atoms with Crippen LogP contribution in [0.15, 0.2) is 0 Å². The van der Waals surface area contributed by atoms with Crippen molar-refractivity contribution in [1.82, 2.24) is 10.2 Å². The third kappa shape index (κ3) is 5.04. The van der Waals surface area contributed by atoms with E-state index in [1.165, 1.54) is 7.11 Å². The fraction of sp³-hybridized carbons (Fsp3) is 0.846. The van der Waals surface area contributed by atoms with Crippen LogP contribution in [0.2, 0.25) is 0 Å². The van der Waals surface area contributed by atoms with E-state index in [0.717, 1.165) is 32.1 Å². The lowest BCUT2D eigenvalue weighted by Crippen LogP contribution is -2.45. The molecule has 1 fully saturated rings. The van der Waals surface area contributed by atoms with Crippen LogP contribution in [0.4, 0.5) is 0 Å². The van der Waals surface area contributed by atoms with Gasteiger partial charge in [-0.2, -0.15) is 0 Å². The highest BCUT2D eigenvalue weighted by molar-refractivity contribution is 5.80. The number of rotatable bonds is 8. The van der Waals surface area contributed by atoms with Gasteiger partial charge in [0.15, 0.2) is 0 Å². The van der Waals surface area contributed by atoms with Crippen LogP contribution in [-0.4, -0.2) is 49.6 Å². The number of hydrogen-bond donors (Lipinski definition) is 1. The van der Waals surface area contributed by atoms with Crippen molar-refractivity contribution in [3.63, 3.8) is 0 Å². The van der Waals surface area contributed by atoms with Gasteiger partial charge in [0.05, 0.1) is 13.7 Å². The summed E-state index contributed by atoms with van der Waals surface area (Å²) in [6.45, 7) is 2.33. The number of likely N-dealkylation sites (N-methyl/N-ethyl adjacent to an activating group) is 1. The van der Waals surface area contributed by atoms with Gasteiger partial charge >= 0.3 is 5.97 Å². The molecule has 0 aromatic heterocycles. The number of amides is 1. The van der Waals surface area contributed by atoms with Gasteiger partial charge in [0.25, 0.3) is 0 Å². The minimum absolute atomic E-state index is 0.00889. The second kappa shape index (κ2) is 7.36. The summed E-state index contributed by atoms with van der Waals surface area (Å²) in [4.78, 5) is 25.1. The number of unbranched alkanes of at least 4 members (excludes halogenated alkanes) is 1. The molecule has 0 aromatic carbocycles. The summed E-state index contributed by atoms with van der Waals surface area (Å²) < 4.78 is 4.79. The molecule has 1 amide bonds. The Hall–Kier alpha value is -1.10. The number of hydrogen-bond acceptors (Lipinski definition) is 4. The average Bonchev–Trinajstić information content (AvgIpc) is 3.12. The summed E-state index contributed by atoms with van der Waals surface area (Å²) in [6, 6.07) is 0.0398. The molecule has 1 rings (SSSR count). The molecule has 0 saturated heterocycles.